The highest BCUT2D eigenvalue weighted by molar-refractivity contribution is 7.99. The van der Waals surface area contributed by atoms with E-state index in [0.717, 1.165) is 23.7 Å². The molecule has 0 radical (unpaired) electrons. The molecule has 0 aliphatic carbocycles. The summed E-state index contributed by atoms with van der Waals surface area (Å²) in [6.07, 6.45) is 4.05. The molecule has 2 aromatic carbocycles. The number of nitrogens with zero attached hydrogens (tertiary/aromatic N) is 2. The first-order valence-corrected chi connectivity index (χ1v) is 10.2. The van der Waals surface area contributed by atoms with Crippen molar-refractivity contribution in [3.63, 3.8) is 0 Å². The van der Waals surface area contributed by atoms with Crippen LogP contribution in [0.25, 0.3) is 0 Å². The van der Waals surface area contributed by atoms with Gasteiger partial charge in [0.1, 0.15) is 0 Å². The summed E-state index contributed by atoms with van der Waals surface area (Å²) in [6.45, 7) is 1.46. The smallest absolute Gasteiger partial charge is 0.265 e. The lowest BCUT2D eigenvalue weighted by molar-refractivity contribution is 0.0933. The minimum absolute atomic E-state index is 0.167. The summed E-state index contributed by atoms with van der Waals surface area (Å²) in [5.41, 5.74) is 8.61. The maximum absolute atomic E-state index is 12.0. The Kier molecular flexibility index (Phi) is 5.81. The number of anilines is 2. The Morgan fingerprint density at radius 2 is 1.82 bits per heavy atom. The zero-order chi connectivity index (χ0) is 19.3. The van der Waals surface area contributed by atoms with Gasteiger partial charge >= 0.3 is 0 Å². The molecule has 1 aromatic heterocycles. The largest absolute Gasteiger partial charge is 0.340 e. The number of pyridine rings is 1. The van der Waals surface area contributed by atoms with Gasteiger partial charge in [0.05, 0.1) is 11.4 Å². The number of halogens is 1. The Balaban J connectivity index is 1.38. The molecule has 1 aliphatic heterocycles. The van der Waals surface area contributed by atoms with Crippen LogP contribution in [0.3, 0.4) is 0 Å². The highest BCUT2D eigenvalue weighted by atomic mass is 35.5. The van der Waals surface area contributed by atoms with Gasteiger partial charge in [0, 0.05) is 45.9 Å². The number of hydrogen-bond donors (Lipinski definition) is 2. The first kappa shape index (κ1) is 18.8. The third kappa shape index (κ3) is 4.14. The average molecular weight is 411 g/mol. The molecular weight excluding hydrogens is 392 g/mol. The van der Waals surface area contributed by atoms with Crippen molar-refractivity contribution in [2.45, 2.75) is 16.2 Å². The summed E-state index contributed by atoms with van der Waals surface area (Å²) in [7, 11) is 0. The lowest BCUT2D eigenvalue weighted by Crippen LogP contribution is -2.39. The Morgan fingerprint density at radius 1 is 1.04 bits per heavy atom. The van der Waals surface area contributed by atoms with Crippen LogP contribution in [0.4, 0.5) is 11.4 Å². The maximum Gasteiger partial charge on any atom is 0.265 e. The van der Waals surface area contributed by atoms with Gasteiger partial charge in [-0.2, -0.15) is 0 Å². The number of hydrogen-bond acceptors (Lipinski definition) is 5. The van der Waals surface area contributed by atoms with Crippen LogP contribution in [-0.4, -0.2) is 24.0 Å². The molecule has 0 spiro atoms. The van der Waals surface area contributed by atoms with Crippen LogP contribution in [0.1, 0.15) is 16.8 Å². The van der Waals surface area contributed by atoms with E-state index in [-0.39, 0.29) is 5.91 Å². The third-order valence-electron chi connectivity index (χ3n) is 4.42. The fourth-order valence-electron chi connectivity index (χ4n) is 3.09. The Morgan fingerprint density at radius 3 is 2.68 bits per heavy atom. The molecule has 0 fully saturated rings. The minimum Gasteiger partial charge on any atom is -0.340 e. The van der Waals surface area contributed by atoms with Crippen molar-refractivity contribution in [1.29, 1.82) is 0 Å². The van der Waals surface area contributed by atoms with E-state index in [0.29, 0.717) is 12.1 Å². The predicted molar refractivity (Wildman–Crippen MR) is 113 cm³/mol. The average Bonchev–Trinajstić information content (AvgIpc) is 2.73. The molecule has 4 rings (SSSR count). The quantitative estimate of drug-likeness (QED) is 0.457. The van der Waals surface area contributed by atoms with Crippen LogP contribution in [-0.2, 0) is 0 Å². The van der Waals surface area contributed by atoms with Gasteiger partial charge in [-0.25, -0.2) is 5.43 Å². The van der Waals surface area contributed by atoms with Crippen molar-refractivity contribution in [2.24, 2.45) is 0 Å². The van der Waals surface area contributed by atoms with Gasteiger partial charge in [-0.3, -0.25) is 15.2 Å². The molecule has 0 unspecified atom stereocenters. The van der Waals surface area contributed by atoms with E-state index in [1.165, 1.54) is 15.5 Å². The molecule has 3 aromatic rings. The SMILES string of the molecule is O=C(NNCCCN1c2ccccc2Sc2ccc(Cl)cc21)c1ccncc1. The Hall–Kier alpha value is -2.54. The number of amides is 1. The van der Waals surface area contributed by atoms with E-state index < -0.39 is 0 Å². The molecular formula is C21H19ClN4OS. The van der Waals surface area contributed by atoms with E-state index in [4.69, 9.17) is 11.6 Å². The number of hydrazine groups is 1. The third-order valence-corrected chi connectivity index (χ3v) is 5.78. The van der Waals surface area contributed by atoms with Crippen LogP contribution < -0.4 is 15.8 Å². The van der Waals surface area contributed by atoms with Crippen molar-refractivity contribution in [1.82, 2.24) is 15.8 Å². The summed E-state index contributed by atoms with van der Waals surface area (Å²) in [5, 5.41) is 0.728. The van der Waals surface area contributed by atoms with Crippen LogP contribution in [0, 0.1) is 0 Å². The first-order valence-electron chi connectivity index (χ1n) is 8.99. The number of carbonyl (C=O) groups is 1. The van der Waals surface area contributed by atoms with E-state index in [1.807, 2.05) is 12.1 Å². The molecule has 0 bridgehead atoms. The Labute approximate surface area is 173 Å². The van der Waals surface area contributed by atoms with E-state index in [9.17, 15) is 4.79 Å². The molecule has 0 saturated heterocycles. The monoisotopic (exact) mass is 410 g/mol. The second kappa shape index (κ2) is 8.65. The van der Waals surface area contributed by atoms with Gasteiger partial charge < -0.3 is 4.90 Å². The normalized spacial score (nSPS) is 12.2. The molecule has 5 nitrogen and oxygen atoms in total. The van der Waals surface area contributed by atoms with Crippen molar-refractivity contribution in [3.05, 3.63) is 77.6 Å². The highest BCUT2D eigenvalue weighted by Crippen LogP contribution is 2.48. The molecule has 1 amide bonds. The fourth-order valence-corrected chi connectivity index (χ4v) is 4.33. The zero-order valence-corrected chi connectivity index (χ0v) is 16.6. The number of rotatable bonds is 6. The molecule has 28 heavy (non-hydrogen) atoms. The van der Waals surface area contributed by atoms with Crippen LogP contribution in [0.5, 0.6) is 0 Å². The van der Waals surface area contributed by atoms with Gasteiger partial charge in [-0.1, -0.05) is 35.5 Å². The van der Waals surface area contributed by atoms with Gasteiger partial charge in [0.25, 0.3) is 5.91 Å². The topological polar surface area (TPSA) is 57.3 Å². The summed E-state index contributed by atoms with van der Waals surface area (Å²) in [6, 6.07) is 17.7. The maximum atomic E-state index is 12.0. The lowest BCUT2D eigenvalue weighted by Gasteiger charge is -2.33. The molecule has 2 N–H and O–H groups in total. The molecule has 7 heteroatoms. The summed E-state index contributed by atoms with van der Waals surface area (Å²) in [5.74, 6) is -0.167. The van der Waals surface area contributed by atoms with Crippen molar-refractivity contribution < 1.29 is 4.79 Å². The molecule has 1 aliphatic rings. The van der Waals surface area contributed by atoms with Crippen LogP contribution in [0.15, 0.2) is 76.8 Å². The second-order valence-corrected chi connectivity index (χ2v) is 7.82. The van der Waals surface area contributed by atoms with Gasteiger partial charge in [-0.05, 0) is 48.9 Å². The van der Waals surface area contributed by atoms with Crippen LogP contribution >= 0.6 is 23.4 Å². The fraction of sp³-hybridized carbons (Fsp3) is 0.143. The number of fused-ring (bicyclic) bond motifs is 2. The molecule has 0 saturated carbocycles. The first-order chi connectivity index (χ1) is 13.7. The zero-order valence-electron chi connectivity index (χ0n) is 15.1. The van der Waals surface area contributed by atoms with Crippen LogP contribution in [0.2, 0.25) is 5.02 Å². The van der Waals surface area contributed by atoms with Gasteiger partial charge in [-0.15, -0.1) is 0 Å². The molecule has 0 atom stereocenters. The number of para-hydroxylation sites is 1. The van der Waals surface area contributed by atoms with Crippen molar-refractivity contribution >= 4 is 40.6 Å². The molecule has 2 heterocycles. The molecule has 142 valence electrons. The minimum atomic E-state index is -0.167. The number of benzene rings is 2. The number of nitrogens with one attached hydrogen (secondary N) is 2. The lowest BCUT2D eigenvalue weighted by atomic mass is 10.2. The van der Waals surface area contributed by atoms with E-state index in [1.54, 1.807) is 36.3 Å². The number of aromatic nitrogens is 1. The van der Waals surface area contributed by atoms with E-state index in [2.05, 4.69) is 51.1 Å². The van der Waals surface area contributed by atoms with Gasteiger partial charge in [0.2, 0.25) is 0 Å². The number of carbonyl (C=O) groups excluding carboxylic acids is 1. The highest BCUT2D eigenvalue weighted by Gasteiger charge is 2.22. The van der Waals surface area contributed by atoms with E-state index >= 15 is 0 Å². The predicted octanol–water partition coefficient (Wildman–Crippen LogP) is 4.66. The second-order valence-electron chi connectivity index (χ2n) is 6.30. The van der Waals surface area contributed by atoms with Gasteiger partial charge in [0.15, 0.2) is 0 Å². The summed E-state index contributed by atoms with van der Waals surface area (Å²) >= 11 is 8.01. The van der Waals surface area contributed by atoms with Crippen molar-refractivity contribution in [3.8, 4) is 0 Å². The standard InChI is InChI=1S/C21H19ClN4OS/c22-16-6-7-20-18(14-16)26(17-4-1-2-5-19(17)28-20)13-3-10-24-25-21(27)15-8-11-23-12-9-15/h1-2,4-9,11-12,14,24H,3,10,13H2,(H,25,27). The summed E-state index contributed by atoms with van der Waals surface area (Å²) < 4.78 is 0. The van der Waals surface area contributed by atoms with Crippen molar-refractivity contribution in [2.75, 3.05) is 18.0 Å². The summed E-state index contributed by atoms with van der Waals surface area (Å²) in [4.78, 5) is 20.7. The Bertz CT molecular complexity index is 983.